The molecule has 5 heteroatoms. The Morgan fingerprint density at radius 2 is 2.08 bits per heavy atom. The first-order chi connectivity index (χ1) is 11.2. The number of aromatic nitrogens is 1. The van der Waals surface area contributed by atoms with Crippen LogP contribution >= 0.6 is 0 Å². The minimum Gasteiger partial charge on any atom is -0.467 e. The van der Waals surface area contributed by atoms with Gasteiger partial charge < -0.3 is 14.3 Å². The van der Waals surface area contributed by atoms with Crippen molar-refractivity contribution in [2.75, 3.05) is 7.05 Å². The molecule has 24 heavy (non-hydrogen) atoms. The van der Waals surface area contributed by atoms with Crippen LogP contribution in [-0.2, 0) is 6.42 Å². The van der Waals surface area contributed by atoms with Crippen LogP contribution in [-0.4, -0.2) is 28.6 Å². The topological polar surface area (TPSA) is 66.3 Å². The second-order valence-corrected chi connectivity index (χ2v) is 7.53. The molecule has 3 rings (SSSR count). The average Bonchev–Trinajstić information content (AvgIpc) is 3.12. The molecule has 0 saturated carbocycles. The lowest BCUT2D eigenvalue weighted by Gasteiger charge is -2.28. The highest BCUT2D eigenvalue weighted by Crippen LogP contribution is 2.37. The molecule has 5 nitrogen and oxygen atoms in total. The molecular formula is C19H24N2O3. The fourth-order valence-corrected chi connectivity index (χ4v) is 3.52. The summed E-state index contributed by atoms with van der Waals surface area (Å²) in [6.45, 7) is 7.93. The maximum atomic E-state index is 12.9. The van der Waals surface area contributed by atoms with Gasteiger partial charge in [-0.3, -0.25) is 9.59 Å². The molecule has 0 radical (unpaired) electrons. The van der Waals surface area contributed by atoms with Crippen LogP contribution in [0.1, 0.15) is 71.1 Å². The lowest BCUT2D eigenvalue weighted by Crippen LogP contribution is -2.30. The number of amides is 1. The zero-order valence-corrected chi connectivity index (χ0v) is 14.9. The van der Waals surface area contributed by atoms with E-state index in [-0.39, 0.29) is 23.1 Å². The lowest BCUT2D eigenvalue weighted by molar-refractivity contribution is 0.0719. The van der Waals surface area contributed by atoms with Crippen LogP contribution in [0.4, 0.5) is 0 Å². The van der Waals surface area contributed by atoms with Crippen LogP contribution in [0.5, 0.6) is 0 Å². The largest absolute Gasteiger partial charge is 0.467 e. The first-order valence-corrected chi connectivity index (χ1v) is 8.26. The second-order valence-electron chi connectivity index (χ2n) is 7.53. The van der Waals surface area contributed by atoms with Gasteiger partial charge in [-0.1, -0.05) is 13.8 Å². The lowest BCUT2D eigenvalue weighted by atomic mass is 9.75. The van der Waals surface area contributed by atoms with Crippen LogP contribution in [0.25, 0.3) is 0 Å². The number of nitrogens with one attached hydrogen (secondary N) is 1. The van der Waals surface area contributed by atoms with Gasteiger partial charge in [0.2, 0.25) is 0 Å². The van der Waals surface area contributed by atoms with Gasteiger partial charge in [0.25, 0.3) is 5.91 Å². The van der Waals surface area contributed by atoms with E-state index in [0.717, 1.165) is 23.4 Å². The second kappa shape index (κ2) is 5.65. The number of aromatic amines is 1. The van der Waals surface area contributed by atoms with E-state index in [4.69, 9.17) is 4.42 Å². The van der Waals surface area contributed by atoms with Crippen LogP contribution in [0.2, 0.25) is 0 Å². The Hall–Kier alpha value is -2.30. The Morgan fingerprint density at radius 1 is 1.38 bits per heavy atom. The summed E-state index contributed by atoms with van der Waals surface area (Å²) >= 11 is 0. The number of rotatable bonds is 3. The maximum Gasteiger partial charge on any atom is 0.270 e. The molecule has 0 saturated heterocycles. The first-order valence-electron chi connectivity index (χ1n) is 8.26. The van der Waals surface area contributed by atoms with Crippen molar-refractivity contribution in [3.05, 3.63) is 46.7 Å². The fourth-order valence-electron chi connectivity index (χ4n) is 3.52. The van der Waals surface area contributed by atoms with E-state index in [1.165, 1.54) is 0 Å². The van der Waals surface area contributed by atoms with Crippen molar-refractivity contribution in [1.29, 1.82) is 0 Å². The third-order valence-electron chi connectivity index (χ3n) is 4.97. The molecule has 0 spiro atoms. The number of carbonyl (C=O) groups excluding carboxylic acids is 2. The molecule has 0 bridgehead atoms. The number of nitrogens with zero attached hydrogens (tertiary/aromatic N) is 1. The van der Waals surface area contributed by atoms with Crippen molar-refractivity contribution in [3.63, 3.8) is 0 Å². The summed E-state index contributed by atoms with van der Waals surface area (Å²) < 4.78 is 5.40. The minimum absolute atomic E-state index is 0.0743. The van der Waals surface area contributed by atoms with Crippen molar-refractivity contribution in [3.8, 4) is 0 Å². The van der Waals surface area contributed by atoms with Crippen molar-refractivity contribution in [2.45, 2.75) is 46.6 Å². The smallest absolute Gasteiger partial charge is 0.270 e. The normalized spacial score (nSPS) is 17.5. The number of carbonyl (C=O) groups is 2. The van der Waals surface area contributed by atoms with Crippen molar-refractivity contribution in [1.82, 2.24) is 9.88 Å². The Kier molecular flexibility index (Phi) is 3.90. The molecule has 0 fully saturated rings. The van der Waals surface area contributed by atoms with Gasteiger partial charge in [0, 0.05) is 24.7 Å². The van der Waals surface area contributed by atoms with Gasteiger partial charge in [-0.15, -0.1) is 0 Å². The van der Waals surface area contributed by atoms with Crippen LogP contribution in [0.3, 0.4) is 0 Å². The summed E-state index contributed by atoms with van der Waals surface area (Å²) in [6.07, 6.45) is 2.90. The summed E-state index contributed by atoms with van der Waals surface area (Å²) in [4.78, 5) is 30.3. The number of hydrogen-bond acceptors (Lipinski definition) is 3. The monoisotopic (exact) mass is 328 g/mol. The molecule has 1 atom stereocenters. The SMILES string of the molecule is Cc1c(C(=O)N(C)C(C)c2ccco2)[nH]c2c1C(=O)CC(C)(C)C2. The van der Waals surface area contributed by atoms with E-state index in [1.807, 2.05) is 26.0 Å². The Labute approximate surface area is 142 Å². The van der Waals surface area contributed by atoms with E-state index in [0.29, 0.717) is 17.7 Å². The third-order valence-corrected chi connectivity index (χ3v) is 4.97. The summed E-state index contributed by atoms with van der Waals surface area (Å²) in [5, 5.41) is 0. The Bertz CT molecular complexity index is 784. The van der Waals surface area contributed by atoms with Crippen molar-refractivity contribution in [2.24, 2.45) is 5.41 Å². The third kappa shape index (κ3) is 2.68. The van der Waals surface area contributed by atoms with E-state index < -0.39 is 0 Å². The van der Waals surface area contributed by atoms with Gasteiger partial charge in [-0.2, -0.15) is 0 Å². The maximum absolute atomic E-state index is 12.9. The average molecular weight is 328 g/mol. The zero-order chi connectivity index (χ0) is 17.6. The molecule has 1 N–H and O–H groups in total. The summed E-state index contributed by atoms with van der Waals surface area (Å²) in [5.74, 6) is 0.726. The standard InChI is InChI=1S/C19H24N2O3/c1-11-16-13(9-19(3,4)10-14(16)22)20-17(11)18(23)21(5)12(2)15-7-6-8-24-15/h6-8,12,20H,9-10H2,1-5H3. The molecular weight excluding hydrogens is 304 g/mol. The van der Waals surface area contributed by atoms with Gasteiger partial charge in [0.1, 0.15) is 11.5 Å². The van der Waals surface area contributed by atoms with Gasteiger partial charge >= 0.3 is 0 Å². The van der Waals surface area contributed by atoms with Gasteiger partial charge in [-0.25, -0.2) is 0 Å². The van der Waals surface area contributed by atoms with Crippen molar-refractivity contribution < 1.29 is 14.0 Å². The molecule has 1 amide bonds. The highest BCUT2D eigenvalue weighted by Gasteiger charge is 2.36. The van der Waals surface area contributed by atoms with Gasteiger partial charge in [0.05, 0.1) is 12.3 Å². The number of ketones is 1. The van der Waals surface area contributed by atoms with Crippen LogP contribution in [0.15, 0.2) is 22.8 Å². The summed E-state index contributed by atoms with van der Waals surface area (Å²) in [5.41, 5.74) is 2.78. The highest BCUT2D eigenvalue weighted by molar-refractivity contribution is 6.04. The van der Waals surface area contributed by atoms with Crippen molar-refractivity contribution >= 4 is 11.7 Å². The molecule has 1 aliphatic rings. The molecule has 2 aromatic rings. The Balaban J connectivity index is 1.93. The van der Waals surface area contributed by atoms with Crippen LogP contribution in [0, 0.1) is 12.3 Å². The number of fused-ring (bicyclic) bond motifs is 1. The molecule has 2 aromatic heterocycles. The van der Waals surface area contributed by atoms with Gasteiger partial charge in [0.15, 0.2) is 5.78 Å². The highest BCUT2D eigenvalue weighted by atomic mass is 16.3. The number of H-pyrrole nitrogens is 1. The van der Waals surface area contributed by atoms with E-state index in [2.05, 4.69) is 18.8 Å². The number of hydrogen-bond donors (Lipinski definition) is 1. The molecule has 1 unspecified atom stereocenters. The first kappa shape index (κ1) is 16.6. The fraction of sp³-hybridized carbons (Fsp3) is 0.474. The summed E-state index contributed by atoms with van der Waals surface area (Å²) in [7, 11) is 1.75. The summed E-state index contributed by atoms with van der Waals surface area (Å²) in [6, 6.07) is 3.48. The number of furan rings is 1. The Morgan fingerprint density at radius 3 is 2.71 bits per heavy atom. The molecule has 0 aromatic carbocycles. The predicted octanol–water partition coefficient (Wildman–Crippen LogP) is 3.90. The molecule has 2 heterocycles. The molecule has 0 aliphatic heterocycles. The van der Waals surface area contributed by atoms with Crippen LogP contribution < -0.4 is 0 Å². The van der Waals surface area contributed by atoms with E-state index in [1.54, 1.807) is 18.2 Å². The van der Waals surface area contributed by atoms with Gasteiger partial charge in [-0.05, 0) is 43.4 Å². The van der Waals surface area contributed by atoms with E-state index >= 15 is 0 Å². The minimum atomic E-state index is -0.181. The molecule has 1 aliphatic carbocycles. The predicted molar refractivity (Wildman–Crippen MR) is 91.2 cm³/mol. The number of Topliss-reactive ketones (excluding diaryl/α,β-unsaturated/α-hetero) is 1. The van der Waals surface area contributed by atoms with E-state index in [9.17, 15) is 9.59 Å². The quantitative estimate of drug-likeness (QED) is 0.929. The zero-order valence-electron chi connectivity index (χ0n) is 14.9. The molecule has 128 valence electrons.